The van der Waals surface area contributed by atoms with Gasteiger partial charge in [0.1, 0.15) is 11.5 Å². The molecule has 0 aromatic carbocycles. The van der Waals surface area contributed by atoms with Gasteiger partial charge in [-0.15, -0.1) is 0 Å². The van der Waals surface area contributed by atoms with E-state index >= 15 is 0 Å². The number of rotatable bonds is 4. The minimum Gasteiger partial charge on any atom is -0.314 e. The molecule has 8 nitrogen and oxygen atoms in total. The summed E-state index contributed by atoms with van der Waals surface area (Å²) in [5.74, 6) is 3.54. The summed E-state index contributed by atoms with van der Waals surface area (Å²) in [5.41, 5.74) is 2.06. The van der Waals surface area contributed by atoms with Gasteiger partial charge < -0.3 is 4.90 Å². The molecule has 0 unspecified atom stereocenters. The van der Waals surface area contributed by atoms with Gasteiger partial charge >= 0.3 is 6.03 Å². The first-order chi connectivity index (χ1) is 13.9. The summed E-state index contributed by atoms with van der Waals surface area (Å²) in [6.45, 7) is 6.62. The highest BCUT2D eigenvalue weighted by Gasteiger charge is 2.30. The van der Waals surface area contributed by atoms with Gasteiger partial charge in [0.15, 0.2) is 5.84 Å². The van der Waals surface area contributed by atoms with Crippen LogP contribution in [0, 0.1) is 29.7 Å². The van der Waals surface area contributed by atoms with Crippen molar-refractivity contribution in [2.75, 3.05) is 18.0 Å². The van der Waals surface area contributed by atoms with Crippen molar-refractivity contribution in [3.05, 3.63) is 53.5 Å². The summed E-state index contributed by atoms with van der Waals surface area (Å²) in [6, 6.07) is 11.5. The molecule has 1 saturated heterocycles. The molecule has 0 radical (unpaired) electrons. The van der Waals surface area contributed by atoms with Gasteiger partial charge in [0.25, 0.3) is 0 Å². The van der Waals surface area contributed by atoms with E-state index in [4.69, 9.17) is 10.8 Å². The molecule has 3 heterocycles. The number of nitrogens with one attached hydrogen (secondary N) is 2. The van der Waals surface area contributed by atoms with Crippen molar-refractivity contribution >= 4 is 24.0 Å². The van der Waals surface area contributed by atoms with E-state index in [-0.39, 0.29) is 17.9 Å². The lowest BCUT2D eigenvalue weighted by atomic mass is 10.2. The maximum atomic E-state index is 12.8. The molecule has 0 spiro atoms. The predicted octanol–water partition coefficient (Wildman–Crippen LogP) is 2.68. The third-order valence-corrected chi connectivity index (χ3v) is 4.46. The minimum atomic E-state index is -0.249. The van der Waals surface area contributed by atoms with Crippen LogP contribution in [-0.4, -0.2) is 57.1 Å². The van der Waals surface area contributed by atoms with Crippen molar-refractivity contribution < 1.29 is 4.79 Å². The van der Waals surface area contributed by atoms with Crippen LogP contribution in [0.1, 0.15) is 30.8 Å². The van der Waals surface area contributed by atoms with Gasteiger partial charge in [-0.05, 0) is 51.0 Å². The van der Waals surface area contributed by atoms with Crippen molar-refractivity contribution in [2.45, 2.75) is 26.8 Å². The molecule has 0 aliphatic carbocycles. The van der Waals surface area contributed by atoms with Crippen LogP contribution in [0.25, 0.3) is 0 Å². The number of aromatic nitrogens is 2. The normalized spacial score (nSPS) is 13.3. The number of aryl methyl sites for hydroxylation is 1. The highest BCUT2D eigenvalue weighted by Crippen LogP contribution is 2.19. The molecule has 1 fully saturated rings. The Balaban J connectivity index is 1.77. The Kier molecular flexibility index (Phi) is 5.88. The van der Waals surface area contributed by atoms with E-state index in [2.05, 4.69) is 21.9 Å². The van der Waals surface area contributed by atoms with Crippen molar-refractivity contribution in [2.24, 2.45) is 0 Å². The Morgan fingerprint density at radius 3 is 2.72 bits per heavy atom. The molecule has 0 bridgehead atoms. The van der Waals surface area contributed by atoms with Crippen LogP contribution < -0.4 is 4.90 Å². The highest BCUT2D eigenvalue weighted by atomic mass is 16.2. The zero-order valence-corrected chi connectivity index (χ0v) is 16.7. The lowest BCUT2D eigenvalue weighted by molar-refractivity contribution is 0.236. The van der Waals surface area contributed by atoms with Crippen LogP contribution in [0.5, 0.6) is 0 Å². The Bertz CT molecular complexity index is 988. The molecule has 0 atom stereocenters. The van der Waals surface area contributed by atoms with Gasteiger partial charge in [-0.1, -0.05) is 6.07 Å². The second-order valence-electron chi connectivity index (χ2n) is 6.87. The molecule has 0 saturated carbocycles. The summed E-state index contributed by atoms with van der Waals surface area (Å²) >= 11 is 0. The number of urea groups is 1. The van der Waals surface area contributed by atoms with Crippen LogP contribution in [0.2, 0.25) is 0 Å². The second-order valence-corrected chi connectivity index (χ2v) is 6.87. The lowest BCUT2D eigenvalue weighted by Crippen LogP contribution is -2.36. The number of anilines is 1. The number of carbonyl (C=O) groups excluding carboxylic acids is 1. The van der Waals surface area contributed by atoms with Gasteiger partial charge in [0.2, 0.25) is 0 Å². The molecule has 1 aliphatic rings. The minimum absolute atomic E-state index is 0.0408. The zero-order chi connectivity index (χ0) is 21.0. The SMILES string of the molecule is Cc1ccc(C#CN2CCN(c3cccc(C(=N)N(C=N)C(C)C)n3)C2=O)cn1. The Morgan fingerprint density at radius 1 is 1.28 bits per heavy atom. The van der Waals surface area contributed by atoms with Gasteiger partial charge in [0.05, 0.1) is 12.9 Å². The van der Waals surface area contributed by atoms with Crippen molar-refractivity contribution in [3.63, 3.8) is 0 Å². The summed E-state index contributed by atoms with van der Waals surface area (Å²) in [4.78, 5) is 25.9. The molecule has 3 rings (SSSR count). The number of amidine groups is 1. The van der Waals surface area contributed by atoms with E-state index < -0.39 is 0 Å². The quantitative estimate of drug-likeness (QED) is 0.477. The predicted molar refractivity (Wildman–Crippen MR) is 112 cm³/mol. The standard InChI is InChI=1S/C21H23N7O/c1-15(2)28(14-22)20(23)18-5-4-6-19(25-18)27-12-11-26(21(27)29)10-9-17-8-7-16(3)24-13-17/h4-8,13-15,22-23H,11-12H2,1-3H3. The molecule has 29 heavy (non-hydrogen) atoms. The summed E-state index contributed by atoms with van der Waals surface area (Å²) in [7, 11) is 0. The molecule has 2 amide bonds. The fourth-order valence-corrected chi connectivity index (χ4v) is 2.84. The zero-order valence-electron chi connectivity index (χ0n) is 16.7. The van der Waals surface area contributed by atoms with Crippen LogP contribution in [0.4, 0.5) is 10.6 Å². The van der Waals surface area contributed by atoms with Crippen LogP contribution >= 0.6 is 0 Å². The topological polar surface area (TPSA) is 100 Å². The van der Waals surface area contributed by atoms with Gasteiger partial charge in [-0.25, -0.2) is 9.78 Å². The number of carbonyl (C=O) groups is 1. The number of nitrogens with zero attached hydrogens (tertiary/aromatic N) is 5. The molecule has 8 heteroatoms. The average molecular weight is 389 g/mol. The third kappa shape index (κ3) is 4.41. The van der Waals surface area contributed by atoms with Gasteiger partial charge in [-0.2, -0.15) is 0 Å². The molecular weight excluding hydrogens is 366 g/mol. The van der Waals surface area contributed by atoms with Crippen LogP contribution in [0.3, 0.4) is 0 Å². The first kappa shape index (κ1) is 20.0. The second kappa shape index (κ2) is 8.52. The molecule has 2 N–H and O–H groups in total. The fraction of sp³-hybridized carbons (Fsp3) is 0.286. The fourth-order valence-electron chi connectivity index (χ4n) is 2.84. The van der Waals surface area contributed by atoms with Gasteiger partial charge in [0, 0.05) is 36.1 Å². The summed E-state index contributed by atoms with van der Waals surface area (Å²) in [6.07, 6.45) is 2.79. The third-order valence-electron chi connectivity index (χ3n) is 4.46. The van der Waals surface area contributed by atoms with E-state index in [9.17, 15) is 4.79 Å². The molecular formula is C21H23N7O. The number of amides is 2. The molecule has 148 valence electrons. The van der Waals surface area contributed by atoms with Gasteiger partial charge in [-0.3, -0.25) is 25.6 Å². The van der Waals surface area contributed by atoms with E-state index in [0.29, 0.717) is 24.6 Å². The number of hydrogen-bond donors (Lipinski definition) is 2. The van der Waals surface area contributed by atoms with Crippen LogP contribution in [-0.2, 0) is 0 Å². The lowest BCUT2D eigenvalue weighted by Gasteiger charge is -2.24. The maximum Gasteiger partial charge on any atom is 0.337 e. The van der Waals surface area contributed by atoms with E-state index in [0.717, 1.165) is 17.6 Å². The largest absolute Gasteiger partial charge is 0.337 e. The van der Waals surface area contributed by atoms with Crippen molar-refractivity contribution in [3.8, 4) is 12.0 Å². The van der Waals surface area contributed by atoms with E-state index in [1.165, 1.54) is 9.80 Å². The highest BCUT2D eigenvalue weighted by molar-refractivity contribution is 6.01. The number of pyridine rings is 2. The molecule has 2 aromatic heterocycles. The average Bonchev–Trinajstić information content (AvgIpc) is 3.08. The first-order valence-corrected chi connectivity index (χ1v) is 9.29. The monoisotopic (exact) mass is 389 g/mol. The van der Waals surface area contributed by atoms with Crippen LogP contribution in [0.15, 0.2) is 36.5 Å². The Hall–Kier alpha value is -3.73. The maximum absolute atomic E-state index is 12.8. The molecule has 1 aliphatic heterocycles. The summed E-state index contributed by atoms with van der Waals surface area (Å²) in [5, 5.41) is 15.8. The van der Waals surface area contributed by atoms with Crippen molar-refractivity contribution in [1.29, 1.82) is 10.8 Å². The van der Waals surface area contributed by atoms with E-state index in [1.807, 2.05) is 32.9 Å². The van der Waals surface area contributed by atoms with Crippen molar-refractivity contribution in [1.82, 2.24) is 19.8 Å². The Morgan fingerprint density at radius 2 is 2.07 bits per heavy atom. The smallest absolute Gasteiger partial charge is 0.314 e. The Labute approximate surface area is 170 Å². The molecule has 2 aromatic rings. The summed E-state index contributed by atoms with van der Waals surface area (Å²) < 4.78 is 0. The first-order valence-electron chi connectivity index (χ1n) is 9.29. The van der Waals surface area contributed by atoms with E-state index in [1.54, 1.807) is 29.3 Å². The number of hydrogen-bond acceptors (Lipinski definition) is 5.